The molecular formula is C13H23N3O. The first-order valence-electron chi connectivity index (χ1n) is 6.58. The highest BCUT2D eigenvalue weighted by atomic mass is 16.5. The second kappa shape index (κ2) is 5.19. The van der Waals surface area contributed by atoms with E-state index in [1.807, 2.05) is 12.4 Å². The number of hydrogen-bond donors (Lipinski definition) is 1. The third kappa shape index (κ3) is 2.53. The fraction of sp³-hybridized carbons (Fsp3) is 0.769. The maximum Gasteiger partial charge on any atom is 0.128 e. The number of ether oxygens (including phenoxy) is 1. The van der Waals surface area contributed by atoms with Gasteiger partial charge in [0.05, 0.1) is 11.6 Å². The van der Waals surface area contributed by atoms with Crippen molar-refractivity contribution < 1.29 is 4.74 Å². The number of hydrogen-bond acceptors (Lipinski definition) is 3. The Morgan fingerprint density at radius 1 is 1.59 bits per heavy atom. The molecule has 0 aliphatic carbocycles. The number of aryl methyl sites for hydroxylation is 1. The molecule has 0 spiro atoms. The molecule has 2 N–H and O–H groups in total. The zero-order valence-electron chi connectivity index (χ0n) is 10.9. The van der Waals surface area contributed by atoms with Crippen molar-refractivity contribution in [2.75, 3.05) is 6.61 Å². The lowest BCUT2D eigenvalue weighted by Crippen LogP contribution is -2.44. The fourth-order valence-corrected chi connectivity index (χ4v) is 2.50. The minimum Gasteiger partial charge on any atom is -0.373 e. The van der Waals surface area contributed by atoms with E-state index in [9.17, 15) is 0 Å². The summed E-state index contributed by atoms with van der Waals surface area (Å²) < 4.78 is 8.05. The zero-order chi connectivity index (χ0) is 12.3. The summed E-state index contributed by atoms with van der Waals surface area (Å²) in [5, 5.41) is 0. The second-order valence-corrected chi connectivity index (χ2v) is 5.07. The third-order valence-corrected chi connectivity index (χ3v) is 3.65. The summed E-state index contributed by atoms with van der Waals surface area (Å²) in [5.74, 6) is 0.955. The van der Waals surface area contributed by atoms with Crippen molar-refractivity contribution in [3.63, 3.8) is 0 Å². The fourth-order valence-electron chi connectivity index (χ4n) is 2.50. The van der Waals surface area contributed by atoms with Crippen molar-refractivity contribution in [3.8, 4) is 0 Å². The van der Waals surface area contributed by atoms with Crippen molar-refractivity contribution in [2.45, 2.75) is 57.7 Å². The molecule has 1 fully saturated rings. The Kier molecular flexibility index (Phi) is 3.84. The van der Waals surface area contributed by atoms with E-state index in [0.717, 1.165) is 38.2 Å². The Morgan fingerprint density at radius 3 is 3.06 bits per heavy atom. The average molecular weight is 237 g/mol. The second-order valence-electron chi connectivity index (χ2n) is 5.07. The van der Waals surface area contributed by atoms with Crippen LogP contribution in [0.5, 0.6) is 0 Å². The van der Waals surface area contributed by atoms with Gasteiger partial charge in [0.25, 0.3) is 0 Å². The molecule has 1 saturated heterocycles. The van der Waals surface area contributed by atoms with Gasteiger partial charge in [-0.2, -0.15) is 0 Å². The normalized spacial score (nSPS) is 27.0. The Bertz CT molecular complexity index is 355. The van der Waals surface area contributed by atoms with E-state index in [4.69, 9.17) is 10.5 Å². The molecule has 2 rings (SSSR count). The van der Waals surface area contributed by atoms with Gasteiger partial charge in [0.15, 0.2) is 0 Å². The molecule has 0 amide bonds. The Morgan fingerprint density at radius 2 is 2.41 bits per heavy atom. The molecule has 0 saturated carbocycles. The van der Waals surface area contributed by atoms with E-state index in [1.54, 1.807) is 0 Å². The molecular weight excluding hydrogens is 214 g/mol. The Hall–Kier alpha value is -0.870. The Labute approximate surface area is 103 Å². The highest BCUT2D eigenvalue weighted by Crippen LogP contribution is 2.34. The summed E-state index contributed by atoms with van der Waals surface area (Å²) in [7, 11) is 0. The molecule has 2 unspecified atom stereocenters. The summed E-state index contributed by atoms with van der Waals surface area (Å²) >= 11 is 0. The maximum atomic E-state index is 6.37. The molecule has 4 nitrogen and oxygen atoms in total. The first-order chi connectivity index (χ1) is 8.17. The van der Waals surface area contributed by atoms with Gasteiger partial charge in [-0.25, -0.2) is 4.98 Å². The zero-order valence-corrected chi connectivity index (χ0v) is 10.9. The van der Waals surface area contributed by atoms with Gasteiger partial charge < -0.3 is 15.0 Å². The van der Waals surface area contributed by atoms with Gasteiger partial charge in [-0.3, -0.25) is 0 Å². The van der Waals surface area contributed by atoms with Crippen LogP contribution in [0.3, 0.4) is 0 Å². The summed E-state index contributed by atoms with van der Waals surface area (Å²) in [6.45, 7) is 6.06. The molecule has 0 radical (unpaired) electrons. The summed E-state index contributed by atoms with van der Waals surface area (Å²) in [4.78, 5) is 4.41. The average Bonchev–Trinajstić information content (AvgIpc) is 2.78. The van der Waals surface area contributed by atoms with E-state index in [2.05, 4.69) is 23.4 Å². The number of rotatable bonds is 4. The third-order valence-electron chi connectivity index (χ3n) is 3.65. The maximum absolute atomic E-state index is 6.37. The van der Waals surface area contributed by atoms with Gasteiger partial charge in [0, 0.05) is 25.5 Å². The van der Waals surface area contributed by atoms with Crippen molar-refractivity contribution >= 4 is 0 Å². The molecule has 17 heavy (non-hydrogen) atoms. The minimum atomic E-state index is -0.255. The number of nitrogens with two attached hydrogens (primary N) is 1. The summed E-state index contributed by atoms with van der Waals surface area (Å²) in [5.41, 5.74) is 6.12. The molecule has 4 heteroatoms. The van der Waals surface area contributed by atoms with Crippen molar-refractivity contribution in [1.82, 2.24) is 9.55 Å². The number of aromatic nitrogens is 2. The SMILES string of the molecule is CCCn1ccnc1C(N)C1(C)CCCCO1. The molecule has 1 aliphatic rings. The van der Waals surface area contributed by atoms with Crippen LogP contribution in [0.25, 0.3) is 0 Å². The molecule has 0 bridgehead atoms. The minimum absolute atomic E-state index is 0.135. The highest BCUT2D eigenvalue weighted by molar-refractivity contribution is 5.06. The van der Waals surface area contributed by atoms with Crippen LogP contribution in [0.15, 0.2) is 12.4 Å². The Balaban J connectivity index is 2.17. The lowest BCUT2D eigenvalue weighted by atomic mass is 9.88. The molecule has 0 aromatic carbocycles. The monoisotopic (exact) mass is 237 g/mol. The van der Waals surface area contributed by atoms with Crippen LogP contribution < -0.4 is 5.73 Å². The van der Waals surface area contributed by atoms with Crippen LogP contribution in [0.1, 0.15) is 51.4 Å². The molecule has 2 atom stereocenters. The van der Waals surface area contributed by atoms with Gasteiger partial charge in [0.2, 0.25) is 0 Å². The van der Waals surface area contributed by atoms with Crippen LogP contribution in [-0.4, -0.2) is 21.8 Å². The first-order valence-corrected chi connectivity index (χ1v) is 6.58. The molecule has 1 aromatic heterocycles. The topological polar surface area (TPSA) is 53.1 Å². The van der Waals surface area contributed by atoms with Gasteiger partial charge in [-0.1, -0.05) is 6.92 Å². The highest BCUT2D eigenvalue weighted by Gasteiger charge is 2.37. The predicted molar refractivity (Wildman–Crippen MR) is 67.7 cm³/mol. The summed E-state index contributed by atoms with van der Waals surface area (Å²) in [6.07, 6.45) is 8.28. The van der Waals surface area contributed by atoms with Gasteiger partial charge in [-0.05, 0) is 32.6 Å². The van der Waals surface area contributed by atoms with Gasteiger partial charge in [0.1, 0.15) is 5.82 Å². The summed E-state index contributed by atoms with van der Waals surface area (Å²) in [6, 6.07) is -0.135. The quantitative estimate of drug-likeness (QED) is 0.874. The van der Waals surface area contributed by atoms with E-state index >= 15 is 0 Å². The lowest BCUT2D eigenvalue weighted by Gasteiger charge is -2.38. The van der Waals surface area contributed by atoms with E-state index in [0.29, 0.717) is 0 Å². The molecule has 1 aliphatic heterocycles. The van der Waals surface area contributed by atoms with E-state index in [1.165, 1.54) is 6.42 Å². The molecule has 1 aromatic rings. The van der Waals surface area contributed by atoms with Crippen LogP contribution >= 0.6 is 0 Å². The van der Waals surface area contributed by atoms with Gasteiger partial charge in [-0.15, -0.1) is 0 Å². The van der Waals surface area contributed by atoms with Crippen molar-refractivity contribution in [3.05, 3.63) is 18.2 Å². The molecule has 2 heterocycles. The smallest absolute Gasteiger partial charge is 0.128 e. The van der Waals surface area contributed by atoms with Crippen LogP contribution in [0, 0.1) is 0 Å². The lowest BCUT2D eigenvalue weighted by molar-refractivity contribution is -0.0841. The van der Waals surface area contributed by atoms with Crippen LogP contribution in [0.4, 0.5) is 0 Å². The predicted octanol–water partition coefficient (Wildman–Crippen LogP) is 2.25. The van der Waals surface area contributed by atoms with E-state index in [-0.39, 0.29) is 11.6 Å². The van der Waals surface area contributed by atoms with Crippen molar-refractivity contribution in [1.29, 1.82) is 0 Å². The first kappa shape index (κ1) is 12.6. The molecule has 96 valence electrons. The van der Waals surface area contributed by atoms with Crippen LogP contribution in [-0.2, 0) is 11.3 Å². The van der Waals surface area contributed by atoms with Gasteiger partial charge >= 0.3 is 0 Å². The van der Waals surface area contributed by atoms with E-state index < -0.39 is 0 Å². The standard InChI is InChI=1S/C13H23N3O/c1-3-8-16-9-7-15-12(16)11(14)13(2)6-4-5-10-17-13/h7,9,11H,3-6,8,10,14H2,1-2H3. The largest absolute Gasteiger partial charge is 0.373 e. The van der Waals surface area contributed by atoms with Crippen molar-refractivity contribution in [2.24, 2.45) is 5.73 Å². The number of imidazole rings is 1. The number of nitrogens with zero attached hydrogens (tertiary/aromatic N) is 2. The van der Waals surface area contributed by atoms with Crippen LogP contribution in [0.2, 0.25) is 0 Å².